The van der Waals surface area contributed by atoms with Crippen molar-refractivity contribution >= 4 is 6.79 Å². The minimum atomic E-state index is 0. The fourth-order valence-electron chi connectivity index (χ4n) is 0. The first kappa shape index (κ1) is 40.1. The summed E-state index contributed by atoms with van der Waals surface area (Å²) in [6, 6.07) is 0. The molecule has 0 N–H and O–H groups in total. The monoisotopic (exact) mass is 469 g/mol. The zero-order valence-corrected chi connectivity index (χ0v) is 9.89. The number of hydrogen-bond acceptors (Lipinski definition) is 1. The third kappa shape index (κ3) is 32.7. The molecule has 0 saturated carbocycles. The van der Waals surface area contributed by atoms with E-state index in [0.29, 0.717) is 0 Å². The zero-order valence-electron chi connectivity index (χ0n) is 3.38. The van der Waals surface area contributed by atoms with Crippen molar-refractivity contribution < 1.29 is 94.9 Å². The van der Waals surface area contributed by atoms with Gasteiger partial charge in [-0.3, -0.25) is 4.79 Å². The minimum absolute atomic E-state index is 0. The fourth-order valence-corrected chi connectivity index (χ4v) is 0. The van der Waals surface area contributed by atoms with Gasteiger partial charge in [0.05, 0.1) is 0 Å². The molecule has 5 heteroatoms. The van der Waals surface area contributed by atoms with Gasteiger partial charge in [0.25, 0.3) is 6.79 Å². The first-order valence-corrected chi connectivity index (χ1v) is 0.204. The van der Waals surface area contributed by atoms with Gasteiger partial charge in [0.2, 0.25) is 0 Å². The standard InChI is InChI=1S/CO.Co.3HI/c1-2;;;;/h;;3*1H/q;+2;;;/p-2. The number of hydrogen-bond donors (Lipinski definition) is 0. The Kier molecular flexibility index (Phi) is 356. The van der Waals surface area contributed by atoms with Gasteiger partial charge >= 0.3 is 18.2 Å². The van der Waals surface area contributed by atoms with Gasteiger partial charge in [0.1, 0.15) is 0 Å². The van der Waals surface area contributed by atoms with Crippen LogP contribution in [0.25, 0.3) is 0 Å². The first-order valence-electron chi connectivity index (χ1n) is 0.204. The third-order valence-corrected chi connectivity index (χ3v) is 0. The average Bonchev–Trinajstić information content (AvgIpc) is 1.00. The molecule has 0 heterocycles. The van der Waals surface area contributed by atoms with Gasteiger partial charge in [-0.15, -0.1) is 0 Å². The van der Waals surface area contributed by atoms with Crippen molar-refractivity contribution in [3.8, 4) is 0 Å². The van der Waals surface area contributed by atoms with Crippen LogP contribution in [-0.4, -0.2) is 6.79 Å². The Morgan fingerprint density at radius 1 is 1.00 bits per heavy atom. The molecule has 0 unspecified atom stereocenters. The van der Waals surface area contributed by atoms with Gasteiger partial charge in [-0.2, -0.15) is 0 Å². The maximum atomic E-state index is 7.50. The van der Waals surface area contributed by atoms with Crippen molar-refractivity contribution in [1.29, 1.82) is 0 Å². The van der Waals surface area contributed by atoms with Gasteiger partial charge in [-0.05, 0) is 0 Å². The van der Waals surface area contributed by atoms with Gasteiger partial charge in [-0.25, -0.2) is 0 Å². The van der Waals surface area contributed by atoms with Crippen molar-refractivity contribution in [2.45, 2.75) is 0 Å². The predicted octanol–water partition coefficient (Wildman–Crippen LogP) is -9.28. The fraction of sp³-hybridized carbons (Fsp3) is 0. The van der Waals surface area contributed by atoms with Gasteiger partial charge in [0.15, 0.2) is 0 Å². The number of halogens is 3. The summed E-state index contributed by atoms with van der Waals surface area (Å²) in [7, 11) is 0. The van der Waals surface area contributed by atoms with Crippen LogP contribution in [-0.2, 0) is 21.6 Å². The Balaban J connectivity index is -0.000000000500. The van der Waals surface area contributed by atoms with E-state index in [-0.39, 0.29) is 90.1 Å². The summed E-state index contributed by atoms with van der Waals surface area (Å²) in [6.45, 7) is 4.50. The predicted molar refractivity (Wildman–Crippen MR) is 6.81 cm³/mol. The normalized spacial score (nSPS) is 0.667. The van der Waals surface area contributed by atoms with E-state index in [4.69, 9.17) is 4.79 Å². The summed E-state index contributed by atoms with van der Waals surface area (Å²) in [6.07, 6.45) is 0. The van der Waals surface area contributed by atoms with E-state index >= 15 is 0 Å². The molecule has 0 fully saturated rings. The second-order valence-corrected chi connectivity index (χ2v) is 0. The van der Waals surface area contributed by atoms with Crippen molar-refractivity contribution in [2.24, 2.45) is 0 Å². The molecular weight excluding hydrogens is 468 g/mol. The Hall–Kier alpha value is 2.37. The molecule has 0 aromatic carbocycles. The second-order valence-electron chi connectivity index (χ2n) is 0. The molecule has 41 valence electrons. The summed E-state index contributed by atoms with van der Waals surface area (Å²) in [4.78, 5) is 7.50. The van der Waals surface area contributed by atoms with Crippen molar-refractivity contribution in [3.63, 3.8) is 0 Å². The van der Waals surface area contributed by atoms with E-state index in [1.54, 1.807) is 0 Å². The topological polar surface area (TPSA) is 17.1 Å². The summed E-state index contributed by atoms with van der Waals surface area (Å²) < 4.78 is 0. The van der Waals surface area contributed by atoms with E-state index in [2.05, 4.69) is 6.79 Å². The van der Waals surface area contributed by atoms with Crippen LogP contribution in [0.2, 0.25) is 0 Å². The maximum Gasteiger partial charge on any atom is 2.00 e. The van der Waals surface area contributed by atoms with Gasteiger partial charge < -0.3 is 71.9 Å². The van der Waals surface area contributed by atoms with E-state index in [0.717, 1.165) is 0 Å². The summed E-state index contributed by atoms with van der Waals surface area (Å²) in [5, 5.41) is 0. The molecule has 0 atom stereocenters. The molecule has 0 rings (SSSR count). The molecule has 0 bridgehead atoms. The molecule has 1 nitrogen and oxygen atoms in total. The third-order valence-electron chi connectivity index (χ3n) is 0. The molecule has 0 aromatic heterocycles. The molecule has 6 heavy (non-hydrogen) atoms. The molecule has 3 radical (unpaired) electrons. The molecule has 0 aliphatic heterocycles. The van der Waals surface area contributed by atoms with Crippen LogP contribution in [0.15, 0.2) is 0 Å². The summed E-state index contributed by atoms with van der Waals surface area (Å²) in [5.41, 5.74) is 0. The second kappa shape index (κ2) is 53.3. The molecule has 0 aliphatic rings. The SMILES string of the molecule is [C]=O.[Co+2].[H+].[I-].[I-].[I-]. The van der Waals surface area contributed by atoms with Crippen molar-refractivity contribution in [2.75, 3.05) is 0 Å². The van der Waals surface area contributed by atoms with Crippen LogP contribution < -0.4 is 71.9 Å². The smallest absolute Gasteiger partial charge is 1.00 e. The van der Waals surface area contributed by atoms with Crippen LogP contribution in [0.3, 0.4) is 0 Å². The minimum Gasteiger partial charge on any atom is -1.00 e. The molecule has 0 saturated heterocycles. The Bertz CT molecular complexity index is 14.9. The van der Waals surface area contributed by atoms with Crippen molar-refractivity contribution in [3.05, 3.63) is 0 Å². The number of carbonyl (C=O) groups excluding carboxylic acids is 1. The first-order chi connectivity index (χ1) is 1.00. The zero-order chi connectivity index (χ0) is 2.00. The molecule has 0 aromatic rings. The number of rotatable bonds is 0. The van der Waals surface area contributed by atoms with Gasteiger partial charge in [0, 0.05) is 0 Å². The molecular formula is CHCoI3O. The van der Waals surface area contributed by atoms with Crippen LogP contribution in [0.5, 0.6) is 0 Å². The Morgan fingerprint density at radius 3 is 1.00 bits per heavy atom. The van der Waals surface area contributed by atoms with E-state index < -0.39 is 0 Å². The quantitative estimate of drug-likeness (QED) is 0.323. The summed E-state index contributed by atoms with van der Waals surface area (Å²) in [5.74, 6) is 0. The molecule has 0 spiro atoms. The van der Waals surface area contributed by atoms with Gasteiger partial charge in [-0.1, -0.05) is 0 Å². The maximum absolute atomic E-state index is 7.50. The average molecular weight is 469 g/mol. The van der Waals surface area contributed by atoms with E-state index in [9.17, 15) is 0 Å². The van der Waals surface area contributed by atoms with E-state index in [1.807, 2.05) is 0 Å². The molecule has 0 aliphatic carbocycles. The Morgan fingerprint density at radius 2 is 1.00 bits per heavy atom. The largest absolute Gasteiger partial charge is 2.00 e. The van der Waals surface area contributed by atoms with Crippen molar-refractivity contribution in [1.82, 2.24) is 0 Å². The molecule has 0 amide bonds. The van der Waals surface area contributed by atoms with Crippen LogP contribution in [0.1, 0.15) is 1.43 Å². The van der Waals surface area contributed by atoms with Crippen LogP contribution >= 0.6 is 0 Å². The van der Waals surface area contributed by atoms with Crippen LogP contribution in [0, 0.1) is 0 Å². The van der Waals surface area contributed by atoms with E-state index in [1.165, 1.54) is 0 Å². The summed E-state index contributed by atoms with van der Waals surface area (Å²) >= 11 is 0. The van der Waals surface area contributed by atoms with Crippen LogP contribution in [0.4, 0.5) is 0 Å². The Labute approximate surface area is 100 Å².